The van der Waals surface area contributed by atoms with Crippen molar-refractivity contribution in [1.82, 2.24) is 0 Å². The third-order valence-electron chi connectivity index (χ3n) is 9.00. The fourth-order valence-electron chi connectivity index (χ4n) is 5.47. The molecule has 0 saturated carbocycles. The summed E-state index contributed by atoms with van der Waals surface area (Å²) in [6, 6.07) is 0. The second-order valence-corrected chi connectivity index (χ2v) is 17.2. The highest BCUT2D eigenvalue weighted by Gasteiger charge is 2.27. The number of nitrogens with zero attached hydrogens (tertiary/aromatic N) is 1. The molecule has 0 fully saturated rings. The molecule has 0 bridgehead atoms. The van der Waals surface area contributed by atoms with E-state index in [1.54, 1.807) is 6.08 Å². The van der Waals surface area contributed by atoms with Crippen molar-refractivity contribution in [2.24, 2.45) is 0 Å². The number of unbranched alkanes of at least 4 members (excludes halogenated alkanes) is 14. The number of carbonyl (C=O) groups is 3. The van der Waals surface area contributed by atoms with Crippen LogP contribution in [0.1, 0.15) is 162 Å². The Labute approximate surface area is 347 Å². The maximum absolute atomic E-state index is 12.7. The monoisotopic (exact) mass is 823 g/mol. The minimum absolute atomic E-state index is 0.0101. The third-order valence-corrected chi connectivity index (χ3v) is 9.98. The summed E-state index contributed by atoms with van der Waals surface area (Å²) in [6.07, 6.45) is 41.0. The molecule has 57 heavy (non-hydrogen) atoms. The number of quaternary nitrogens is 1. The Bertz CT molecular complexity index is 1220. The zero-order valence-corrected chi connectivity index (χ0v) is 37.4. The molecule has 328 valence electrons. The lowest BCUT2D eigenvalue weighted by molar-refractivity contribution is -0.870. The highest BCUT2D eigenvalue weighted by Crippen LogP contribution is 2.43. The molecule has 0 rings (SSSR count). The number of ether oxygens (including phenoxy) is 2. The molecule has 2 atom stereocenters. The number of likely N-dealkylation sites (N-methyl/N-ethyl adjacent to an activating group) is 1. The number of hydrogen-bond donors (Lipinski definition) is 1. The second-order valence-electron chi connectivity index (χ2n) is 15.8. The van der Waals surface area contributed by atoms with E-state index in [2.05, 4.69) is 56.4 Å². The first-order valence-corrected chi connectivity index (χ1v) is 23.5. The smallest absolute Gasteiger partial charge is 0.462 e. The van der Waals surface area contributed by atoms with Gasteiger partial charge >= 0.3 is 19.8 Å². The first-order valence-electron chi connectivity index (χ1n) is 22.0. The third kappa shape index (κ3) is 41.3. The van der Waals surface area contributed by atoms with Crippen LogP contribution in [0, 0.1) is 0 Å². The van der Waals surface area contributed by atoms with E-state index in [9.17, 15) is 23.8 Å². The van der Waals surface area contributed by atoms with Gasteiger partial charge in [-0.15, -0.1) is 0 Å². The normalized spacial score (nSPS) is 14.1. The summed E-state index contributed by atoms with van der Waals surface area (Å²) in [5, 5.41) is 0. The van der Waals surface area contributed by atoms with E-state index in [1.807, 2.05) is 33.3 Å². The van der Waals surface area contributed by atoms with E-state index < -0.39 is 32.5 Å². The van der Waals surface area contributed by atoms with Crippen LogP contribution < -0.4 is 0 Å². The van der Waals surface area contributed by atoms with E-state index in [0.717, 1.165) is 89.9 Å². The molecule has 0 spiro atoms. The first-order chi connectivity index (χ1) is 27.4. The Morgan fingerprint density at radius 2 is 1.11 bits per heavy atom. The van der Waals surface area contributed by atoms with Crippen molar-refractivity contribution in [2.45, 2.75) is 168 Å². The Morgan fingerprint density at radius 1 is 0.596 bits per heavy atom. The molecule has 11 heteroatoms. The fraction of sp³-hybridized carbons (Fsp3) is 0.717. The quantitative estimate of drug-likeness (QED) is 0.0123. The molecule has 0 aromatic carbocycles. The van der Waals surface area contributed by atoms with E-state index in [4.69, 9.17) is 18.5 Å². The molecule has 0 aromatic rings. The van der Waals surface area contributed by atoms with E-state index in [0.29, 0.717) is 30.3 Å². The second kappa shape index (κ2) is 37.6. The van der Waals surface area contributed by atoms with Crippen LogP contribution in [-0.4, -0.2) is 80.7 Å². The van der Waals surface area contributed by atoms with Gasteiger partial charge in [0.25, 0.3) is 0 Å². The van der Waals surface area contributed by atoms with Gasteiger partial charge in [0.05, 0.1) is 27.7 Å². The van der Waals surface area contributed by atoms with Crippen molar-refractivity contribution in [3.63, 3.8) is 0 Å². The zero-order valence-electron chi connectivity index (χ0n) is 36.6. The number of esters is 2. The van der Waals surface area contributed by atoms with Crippen LogP contribution in [0.25, 0.3) is 0 Å². The predicted octanol–water partition coefficient (Wildman–Crippen LogP) is 11.6. The Hall–Kier alpha value is -2.62. The van der Waals surface area contributed by atoms with Gasteiger partial charge in [-0.2, -0.15) is 0 Å². The van der Waals surface area contributed by atoms with Gasteiger partial charge in [-0.25, -0.2) is 4.57 Å². The van der Waals surface area contributed by atoms with Crippen LogP contribution >= 0.6 is 7.82 Å². The topological polar surface area (TPSA) is 125 Å². The summed E-state index contributed by atoms with van der Waals surface area (Å²) in [4.78, 5) is 47.1. The summed E-state index contributed by atoms with van der Waals surface area (Å²) >= 11 is 0. The molecule has 0 radical (unpaired) electrons. The lowest BCUT2D eigenvalue weighted by Crippen LogP contribution is -2.37. The molecular weight excluding hydrogens is 741 g/mol. The number of ketones is 1. The van der Waals surface area contributed by atoms with Gasteiger partial charge in [0.15, 0.2) is 11.9 Å². The van der Waals surface area contributed by atoms with Crippen LogP contribution in [0.15, 0.2) is 60.8 Å². The zero-order chi connectivity index (χ0) is 42.3. The van der Waals surface area contributed by atoms with E-state index >= 15 is 0 Å². The standard InChI is InChI=1S/C46H80NO9P/c1-6-8-10-11-12-13-14-15-16-17-18-19-20-23-27-30-34-38-46(50)56-44(42-55-57(51,52)54-40-39-47(3,4)5)41-53-45(49)37-33-29-26-24-21-22-25-28-32-36-43(48)35-31-9-7-2/h12-13,15-16,18-19,25,28,32,36,44H,6-11,14,17,20-24,26-27,29-31,33-35,37-42H2,1-5H3/p+1/b13-12-,16-15-,19-18-,28-25-,36-32+/t44-/m1/s1. The van der Waals surface area contributed by atoms with Crippen LogP contribution in [0.2, 0.25) is 0 Å². The molecule has 0 aromatic heterocycles. The number of phosphoric acid groups is 1. The summed E-state index contributed by atoms with van der Waals surface area (Å²) < 4.78 is 34.2. The summed E-state index contributed by atoms with van der Waals surface area (Å²) in [5.74, 6) is -0.713. The number of phosphoric ester groups is 1. The SMILES string of the molecule is CCCCC/C=C\C/C=C\C/C=C\CCCCCCC(=O)O[C@H](COC(=O)CCCCCCC/C=C\C=C\C(=O)CCCCC)COP(=O)(O)OCC[N+](C)(C)C. The van der Waals surface area contributed by atoms with Gasteiger partial charge in [0.2, 0.25) is 0 Å². The lowest BCUT2D eigenvalue weighted by atomic mass is 10.1. The highest BCUT2D eigenvalue weighted by molar-refractivity contribution is 7.47. The molecule has 0 aliphatic carbocycles. The largest absolute Gasteiger partial charge is 0.472 e. The summed E-state index contributed by atoms with van der Waals surface area (Å²) in [5.41, 5.74) is 0. The summed E-state index contributed by atoms with van der Waals surface area (Å²) in [6.45, 7) is 4.14. The number of allylic oxidation sites excluding steroid dienone is 10. The molecule has 1 N–H and O–H groups in total. The highest BCUT2D eigenvalue weighted by atomic mass is 31.2. The van der Waals surface area contributed by atoms with E-state index in [-0.39, 0.29) is 31.8 Å². The lowest BCUT2D eigenvalue weighted by Gasteiger charge is -2.24. The Kier molecular flexibility index (Phi) is 35.9. The molecule has 10 nitrogen and oxygen atoms in total. The number of hydrogen-bond acceptors (Lipinski definition) is 8. The molecule has 0 saturated heterocycles. The number of rotatable bonds is 39. The van der Waals surface area contributed by atoms with Crippen LogP contribution in [-0.2, 0) is 37.5 Å². The molecule has 1 unspecified atom stereocenters. The predicted molar refractivity (Wildman–Crippen MR) is 234 cm³/mol. The van der Waals surface area contributed by atoms with Crippen molar-refractivity contribution in [1.29, 1.82) is 0 Å². The van der Waals surface area contributed by atoms with Gasteiger partial charge in [-0.1, -0.05) is 126 Å². The first kappa shape index (κ1) is 54.4. The van der Waals surface area contributed by atoms with Crippen molar-refractivity contribution in [3.8, 4) is 0 Å². The fourth-order valence-corrected chi connectivity index (χ4v) is 6.21. The van der Waals surface area contributed by atoms with Crippen molar-refractivity contribution in [2.75, 3.05) is 47.5 Å². The van der Waals surface area contributed by atoms with Gasteiger partial charge in [0, 0.05) is 19.3 Å². The van der Waals surface area contributed by atoms with Crippen molar-refractivity contribution >= 4 is 25.5 Å². The average molecular weight is 823 g/mol. The van der Waals surface area contributed by atoms with E-state index in [1.165, 1.54) is 25.7 Å². The number of carbonyl (C=O) groups excluding carboxylic acids is 3. The van der Waals surface area contributed by atoms with Gasteiger partial charge in [-0.3, -0.25) is 23.4 Å². The van der Waals surface area contributed by atoms with Gasteiger partial charge < -0.3 is 18.9 Å². The van der Waals surface area contributed by atoms with Crippen molar-refractivity contribution in [3.05, 3.63) is 60.8 Å². The van der Waals surface area contributed by atoms with Crippen LogP contribution in [0.5, 0.6) is 0 Å². The minimum atomic E-state index is -4.40. The van der Waals surface area contributed by atoms with Crippen LogP contribution in [0.4, 0.5) is 0 Å². The Morgan fingerprint density at radius 3 is 1.72 bits per heavy atom. The maximum Gasteiger partial charge on any atom is 0.472 e. The minimum Gasteiger partial charge on any atom is -0.462 e. The summed E-state index contributed by atoms with van der Waals surface area (Å²) in [7, 11) is 1.40. The molecular formula is C46H81NO9P+. The van der Waals surface area contributed by atoms with Gasteiger partial charge in [-0.05, 0) is 76.7 Å². The molecule has 0 aliphatic heterocycles. The van der Waals surface area contributed by atoms with Crippen molar-refractivity contribution < 1.29 is 46.8 Å². The molecule has 0 heterocycles. The van der Waals surface area contributed by atoms with Crippen LogP contribution in [0.3, 0.4) is 0 Å². The average Bonchev–Trinajstić information content (AvgIpc) is 3.15. The Balaban J connectivity index is 4.49. The maximum atomic E-state index is 12.7. The van der Waals surface area contributed by atoms with Gasteiger partial charge in [0.1, 0.15) is 19.8 Å². The molecule has 0 amide bonds. The molecule has 0 aliphatic rings.